The van der Waals surface area contributed by atoms with Gasteiger partial charge in [0, 0.05) is 119 Å². The van der Waals surface area contributed by atoms with Crippen LogP contribution in [0, 0.1) is 58.9 Å². The van der Waals surface area contributed by atoms with Gasteiger partial charge in [0.25, 0.3) is 0 Å². The van der Waals surface area contributed by atoms with Gasteiger partial charge in [-0.1, -0.05) is 13.8 Å². The Labute approximate surface area is 325 Å². The Morgan fingerprint density at radius 2 is 0.938 bits per heavy atom. The summed E-state index contributed by atoms with van der Waals surface area (Å²) >= 11 is 0. The van der Waals surface area contributed by atoms with Crippen LogP contribution >= 0.6 is 0 Å². The van der Waals surface area contributed by atoms with E-state index in [2.05, 4.69) is 33.1 Å². The van der Waals surface area contributed by atoms with Gasteiger partial charge in [-0.3, -0.25) is 31.2 Å². The van der Waals surface area contributed by atoms with Crippen molar-refractivity contribution in [1.82, 2.24) is 0 Å². The van der Waals surface area contributed by atoms with Crippen LogP contribution in [0.5, 0.6) is 0 Å². The quantitative estimate of drug-likeness (QED) is 0.195. The molecule has 0 aromatic carbocycles. The van der Waals surface area contributed by atoms with Gasteiger partial charge in [-0.25, -0.2) is 0 Å². The van der Waals surface area contributed by atoms with E-state index in [1.54, 1.807) is 6.92 Å². The summed E-state index contributed by atoms with van der Waals surface area (Å²) in [4.78, 5) is 0. The van der Waals surface area contributed by atoms with Crippen LogP contribution in [-0.2, 0) is 161 Å². The first-order chi connectivity index (χ1) is 11.9. The fourth-order valence-electron chi connectivity index (χ4n) is 0.197. The molecule has 6 heteroatoms. The number of allylic oxidation sites excluding steroid dienone is 5. The average Bonchev–Trinajstić information content (AvgIpc) is 2.50. The van der Waals surface area contributed by atoms with Crippen molar-refractivity contribution < 1.29 is 161 Å². The molecule has 0 spiro atoms. The fourth-order valence-corrected chi connectivity index (χ4v) is 0.197. The van der Waals surface area contributed by atoms with Crippen LogP contribution < -0.4 is 0 Å². The van der Waals surface area contributed by atoms with Crippen LogP contribution in [0.25, 0.3) is 0 Å². The summed E-state index contributed by atoms with van der Waals surface area (Å²) in [5.74, 6) is 0. The van der Waals surface area contributed by atoms with Crippen LogP contribution in [0.2, 0.25) is 0 Å². The number of hydrogen-bond donors (Lipinski definition) is 0. The summed E-state index contributed by atoms with van der Waals surface area (Å²) in [5, 5.41) is 0. The van der Waals surface area contributed by atoms with Gasteiger partial charge in [0.15, 0.2) is 0 Å². The molecule has 0 aliphatic carbocycles. The van der Waals surface area contributed by atoms with E-state index < -0.39 is 0 Å². The Kier molecular flexibility index (Phi) is 200. The normalized spacial score (nSPS) is 5.69. The van der Waals surface area contributed by atoms with Crippen molar-refractivity contribution in [2.24, 2.45) is 0 Å². The molecule has 0 nitrogen and oxygen atoms in total. The molecular weight excluding hydrogens is 1130 g/mol. The first-order valence-corrected chi connectivity index (χ1v) is 8.70. The first kappa shape index (κ1) is 76.6. The molecule has 0 atom stereocenters. The van der Waals surface area contributed by atoms with Gasteiger partial charge in [0.1, 0.15) is 0 Å². The molecule has 0 aromatic heterocycles. The van der Waals surface area contributed by atoms with Crippen molar-refractivity contribution in [2.45, 2.75) is 75.2 Å². The first-order valence-electron chi connectivity index (χ1n) is 8.70. The SMILES string of the molecule is C[CH-]C.C[CH-]C.C[CH-]C.[CH-]=C(C)C(=C)[CH2-].[CH-]=C(C)C[C-]=C.[CH-]=C(C)C[CH2-].[W+2].[W+2].[W].[Y].[Y].[Y]. The summed E-state index contributed by atoms with van der Waals surface area (Å²) in [5.41, 5.74) is 3.17. The Hall–Kier alpha value is 3.95. The summed E-state index contributed by atoms with van der Waals surface area (Å²) in [6.07, 6.45) is 10.1. The molecule has 0 unspecified atom stereocenters. The summed E-state index contributed by atoms with van der Waals surface area (Å²) < 4.78 is 0. The predicted octanol–water partition coefficient (Wildman–Crippen LogP) is 8.77. The van der Waals surface area contributed by atoms with E-state index >= 15 is 0 Å². The molecule has 0 saturated carbocycles. The fraction of sp³-hybridized carbons (Fsp3) is 0.423. The largest absolute Gasteiger partial charge is 2.00 e. The monoisotopic (exact) mass is 1180 g/mol. The molecule has 3 radical (unpaired) electrons. The molecule has 0 heterocycles. The van der Waals surface area contributed by atoms with E-state index in [0.29, 0.717) is 17.6 Å². The molecule has 0 saturated heterocycles. The maximum absolute atomic E-state index is 5.22. The molecule has 0 fully saturated rings. The van der Waals surface area contributed by atoms with E-state index in [9.17, 15) is 0 Å². The molecular formula is C26H45W3Y3-5. The topological polar surface area (TPSA) is 0 Å². The molecule has 32 heavy (non-hydrogen) atoms. The van der Waals surface area contributed by atoms with Crippen molar-refractivity contribution in [3.05, 3.63) is 94.4 Å². The van der Waals surface area contributed by atoms with E-state index in [0.717, 1.165) is 17.6 Å². The standard InChI is InChI=1S/2C6H8.C5H8.3C3H7.3W.3Y/c1-5(2)6(3)4;1-4-5-6(2)3;1-4-5(2)3;3*1-3-2;;;;;;/h1H,3-4H2,2H3;2H,1,5H2,3H3;2H,1,4H2,3H3;3*3H,1-2H3;;;;;;/q3*-2;3*-1;;2*+2;;;. The van der Waals surface area contributed by atoms with Gasteiger partial charge in [-0.2, -0.15) is 54.4 Å². The van der Waals surface area contributed by atoms with Crippen molar-refractivity contribution in [1.29, 1.82) is 0 Å². The predicted molar refractivity (Wildman–Crippen MR) is 125 cm³/mol. The van der Waals surface area contributed by atoms with Gasteiger partial charge in [0.2, 0.25) is 0 Å². The van der Waals surface area contributed by atoms with E-state index in [1.165, 1.54) is 0 Å². The molecule has 0 aliphatic heterocycles. The van der Waals surface area contributed by atoms with Crippen molar-refractivity contribution in [3.8, 4) is 0 Å². The van der Waals surface area contributed by atoms with Crippen molar-refractivity contribution >= 4 is 0 Å². The van der Waals surface area contributed by atoms with Gasteiger partial charge in [-0.05, 0) is 0 Å². The van der Waals surface area contributed by atoms with E-state index in [1.807, 2.05) is 74.7 Å². The van der Waals surface area contributed by atoms with Crippen LogP contribution in [0.1, 0.15) is 75.2 Å². The van der Waals surface area contributed by atoms with Crippen LogP contribution in [0.4, 0.5) is 0 Å². The minimum absolute atomic E-state index is 0. The second-order valence-electron chi connectivity index (χ2n) is 5.39. The zero-order valence-corrected chi connectivity index (χ0v) is 39.5. The summed E-state index contributed by atoms with van der Waals surface area (Å²) in [7, 11) is 0. The molecule has 0 bridgehead atoms. The van der Waals surface area contributed by atoms with E-state index in [4.69, 9.17) is 19.7 Å². The molecule has 0 rings (SSSR count). The Bertz CT molecular complexity index is 314. The zero-order chi connectivity index (χ0) is 22.6. The summed E-state index contributed by atoms with van der Waals surface area (Å²) in [6, 6.07) is 0. The van der Waals surface area contributed by atoms with Crippen molar-refractivity contribution in [2.75, 3.05) is 0 Å². The van der Waals surface area contributed by atoms with E-state index in [-0.39, 0.29) is 161 Å². The molecule has 0 N–H and O–H groups in total. The van der Waals surface area contributed by atoms with Gasteiger partial charge in [-0.15, -0.1) is 6.92 Å². The second kappa shape index (κ2) is 83.6. The van der Waals surface area contributed by atoms with Crippen LogP contribution in [0.15, 0.2) is 35.5 Å². The Morgan fingerprint density at radius 1 is 0.781 bits per heavy atom. The Balaban J connectivity index is -0.0000000148. The average molecular weight is 1180 g/mol. The number of rotatable bonds is 4. The molecule has 0 amide bonds. The molecule has 0 aliphatic rings. The van der Waals surface area contributed by atoms with Crippen LogP contribution in [-0.4, -0.2) is 0 Å². The smallest absolute Gasteiger partial charge is 0.517 e. The van der Waals surface area contributed by atoms with Gasteiger partial charge >= 0.3 is 42.1 Å². The minimum atomic E-state index is 0. The molecule has 181 valence electrons. The maximum Gasteiger partial charge on any atom is 2.00 e. The maximum atomic E-state index is 5.22. The number of hydrogen-bond acceptors (Lipinski definition) is 0. The van der Waals surface area contributed by atoms with Crippen LogP contribution in [0.3, 0.4) is 0 Å². The Morgan fingerprint density at radius 3 is 0.938 bits per heavy atom. The zero-order valence-electron chi connectivity index (χ0n) is 22.2. The molecule has 0 aromatic rings. The second-order valence-corrected chi connectivity index (χ2v) is 5.39. The van der Waals surface area contributed by atoms with Crippen molar-refractivity contribution in [3.63, 3.8) is 0 Å². The third-order valence-corrected chi connectivity index (χ3v) is 1.36. The third-order valence-electron chi connectivity index (χ3n) is 1.36. The van der Waals surface area contributed by atoms with Gasteiger partial charge in [0.05, 0.1) is 0 Å². The summed E-state index contributed by atoms with van der Waals surface area (Å²) in [6.45, 7) is 46.9. The minimum Gasteiger partial charge on any atom is -0.517 e. The third kappa shape index (κ3) is 220. The van der Waals surface area contributed by atoms with Gasteiger partial charge < -0.3 is 63.1 Å².